The number of hydrogen-bond acceptors (Lipinski definition) is 6. The van der Waals surface area contributed by atoms with E-state index in [1.165, 1.54) is 9.80 Å². The molecule has 3 aliphatic heterocycles. The highest BCUT2D eigenvalue weighted by molar-refractivity contribution is 6.21. The molecule has 9 heteroatoms. The standard InChI is InChI=1S/C22H21N3O6/c26-19-13-30-10-9-23(19)14-5-7-15(8-6-14)24-11-16(31-22(24)29)12-25-20(27)17-3-1-2-4-18(17)21(25)28/h1,3,5-8,16H,2,4,9-13H2. The van der Waals surface area contributed by atoms with Crippen molar-refractivity contribution in [3.63, 3.8) is 0 Å². The van der Waals surface area contributed by atoms with E-state index in [9.17, 15) is 19.2 Å². The van der Waals surface area contributed by atoms with Gasteiger partial charge in [-0.3, -0.25) is 24.2 Å². The van der Waals surface area contributed by atoms with Crippen LogP contribution in [0.25, 0.3) is 0 Å². The summed E-state index contributed by atoms with van der Waals surface area (Å²) >= 11 is 0. The van der Waals surface area contributed by atoms with Crippen molar-refractivity contribution in [1.82, 2.24) is 4.90 Å². The SMILES string of the molecule is O=C1C2=C(CCC=C2)C(=O)N1CC1CN(c2ccc(N3CCOCC3=O)cc2)C(=O)O1. The number of imide groups is 1. The van der Waals surface area contributed by atoms with Crippen molar-refractivity contribution < 1.29 is 28.7 Å². The highest BCUT2D eigenvalue weighted by Gasteiger charge is 2.41. The highest BCUT2D eigenvalue weighted by atomic mass is 16.6. The van der Waals surface area contributed by atoms with Crippen molar-refractivity contribution >= 4 is 35.2 Å². The van der Waals surface area contributed by atoms with Gasteiger partial charge in [0.05, 0.1) is 19.7 Å². The van der Waals surface area contributed by atoms with Crippen LogP contribution in [0.4, 0.5) is 16.2 Å². The number of hydrogen-bond donors (Lipinski definition) is 0. The Balaban J connectivity index is 1.25. The molecule has 4 aliphatic rings. The maximum absolute atomic E-state index is 12.6. The largest absolute Gasteiger partial charge is 0.442 e. The lowest BCUT2D eigenvalue weighted by Crippen LogP contribution is -2.41. The number of carbonyl (C=O) groups excluding carboxylic acids is 4. The van der Waals surface area contributed by atoms with Crippen LogP contribution in [0.15, 0.2) is 47.6 Å². The number of benzene rings is 1. The first-order valence-corrected chi connectivity index (χ1v) is 10.2. The van der Waals surface area contributed by atoms with Gasteiger partial charge in [-0.1, -0.05) is 12.2 Å². The predicted octanol–water partition coefficient (Wildman–Crippen LogP) is 1.39. The number of carbonyl (C=O) groups is 4. The number of nitrogens with zero attached hydrogens (tertiary/aromatic N) is 3. The Bertz CT molecular complexity index is 1030. The lowest BCUT2D eigenvalue weighted by Gasteiger charge is -2.27. The minimum absolute atomic E-state index is 0.0289. The summed E-state index contributed by atoms with van der Waals surface area (Å²) in [6.45, 7) is 1.28. The first-order valence-electron chi connectivity index (χ1n) is 10.2. The van der Waals surface area contributed by atoms with Crippen LogP contribution in [-0.2, 0) is 23.9 Å². The van der Waals surface area contributed by atoms with Crippen LogP contribution >= 0.6 is 0 Å². The molecule has 3 heterocycles. The minimum atomic E-state index is -0.605. The Hall–Kier alpha value is -3.46. The lowest BCUT2D eigenvalue weighted by molar-refractivity contribution is -0.138. The number of anilines is 2. The second kappa shape index (κ2) is 7.66. The van der Waals surface area contributed by atoms with E-state index in [0.29, 0.717) is 36.4 Å². The Morgan fingerprint density at radius 3 is 2.42 bits per heavy atom. The van der Waals surface area contributed by atoms with E-state index in [1.807, 2.05) is 6.08 Å². The van der Waals surface area contributed by atoms with Gasteiger partial charge in [0.25, 0.3) is 17.7 Å². The molecular weight excluding hydrogens is 402 g/mol. The number of amides is 4. The maximum Gasteiger partial charge on any atom is 0.414 e. The second-order valence-electron chi connectivity index (χ2n) is 7.78. The quantitative estimate of drug-likeness (QED) is 0.679. The van der Waals surface area contributed by atoms with E-state index in [2.05, 4.69) is 0 Å². The van der Waals surface area contributed by atoms with Gasteiger partial charge >= 0.3 is 6.09 Å². The molecule has 0 spiro atoms. The molecule has 0 aromatic heterocycles. The number of ether oxygens (including phenoxy) is 2. The minimum Gasteiger partial charge on any atom is -0.442 e. The average Bonchev–Trinajstić information content (AvgIpc) is 3.27. The Kier molecular flexibility index (Phi) is 4.82. The van der Waals surface area contributed by atoms with E-state index in [1.54, 1.807) is 35.2 Å². The summed E-state index contributed by atoms with van der Waals surface area (Å²) in [6, 6.07) is 7.05. The predicted molar refractivity (Wildman–Crippen MR) is 109 cm³/mol. The number of morpholine rings is 1. The zero-order valence-corrected chi connectivity index (χ0v) is 16.8. The van der Waals surface area contributed by atoms with E-state index in [0.717, 1.165) is 12.1 Å². The molecule has 0 bridgehead atoms. The molecule has 160 valence electrons. The zero-order valence-electron chi connectivity index (χ0n) is 16.8. The molecule has 0 saturated carbocycles. The number of cyclic esters (lactones) is 1. The molecule has 31 heavy (non-hydrogen) atoms. The summed E-state index contributed by atoms with van der Waals surface area (Å²) in [5, 5.41) is 0. The van der Waals surface area contributed by atoms with Gasteiger partial charge in [-0.05, 0) is 37.1 Å². The van der Waals surface area contributed by atoms with Gasteiger partial charge in [-0.25, -0.2) is 4.79 Å². The van der Waals surface area contributed by atoms with Crippen LogP contribution in [0.5, 0.6) is 0 Å². The first kappa shape index (κ1) is 19.5. The van der Waals surface area contributed by atoms with Crippen LogP contribution in [0, 0.1) is 0 Å². The third-order valence-corrected chi connectivity index (χ3v) is 5.87. The Labute approximate surface area is 178 Å². The van der Waals surface area contributed by atoms with Crippen LogP contribution in [0.1, 0.15) is 12.8 Å². The first-order chi connectivity index (χ1) is 15.0. The fraction of sp³-hybridized carbons (Fsp3) is 0.364. The van der Waals surface area contributed by atoms with Gasteiger partial charge in [0, 0.05) is 29.1 Å². The van der Waals surface area contributed by atoms with Crippen molar-refractivity contribution in [2.45, 2.75) is 18.9 Å². The molecule has 1 unspecified atom stereocenters. The average molecular weight is 423 g/mol. The van der Waals surface area contributed by atoms with Crippen molar-refractivity contribution in [1.29, 1.82) is 0 Å². The van der Waals surface area contributed by atoms with Crippen molar-refractivity contribution in [3.8, 4) is 0 Å². The molecule has 1 aromatic rings. The summed E-state index contributed by atoms with van der Waals surface area (Å²) in [7, 11) is 0. The molecule has 4 amide bonds. The Morgan fingerprint density at radius 2 is 1.71 bits per heavy atom. The summed E-state index contributed by atoms with van der Waals surface area (Å²) < 4.78 is 10.6. The molecule has 0 radical (unpaired) electrons. The van der Waals surface area contributed by atoms with Crippen molar-refractivity contribution in [2.75, 3.05) is 42.6 Å². The molecule has 5 rings (SSSR count). The third kappa shape index (κ3) is 3.40. The molecule has 1 aliphatic carbocycles. The molecule has 9 nitrogen and oxygen atoms in total. The molecule has 2 fully saturated rings. The third-order valence-electron chi connectivity index (χ3n) is 5.87. The summed E-state index contributed by atoms with van der Waals surface area (Å²) in [5.74, 6) is -0.728. The van der Waals surface area contributed by atoms with E-state index in [-0.39, 0.29) is 37.4 Å². The number of rotatable bonds is 4. The van der Waals surface area contributed by atoms with Crippen LogP contribution in [0.3, 0.4) is 0 Å². The summed E-state index contributed by atoms with van der Waals surface area (Å²) in [4.78, 5) is 53.9. The topological polar surface area (TPSA) is 96.5 Å². The van der Waals surface area contributed by atoms with Gasteiger partial charge in [0.1, 0.15) is 12.7 Å². The fourth-order valence-electron chi connectivity index (χ4n) is 4.29. The lowest BCUT2D eigenvalue weighted by atomic mass is 10.00. The maximum atomic E-state index is 12.6. The normalized spacial score (nSPS) is 23.7. The smallest absolute Gasteiger partial charge is 0.414 e. The highest BCUT2D eigenvalue weighted by Crippen LogP contribution is 2.31. The molecule has 1 atom stereocenters. The van der Waals surface area contributed by atoms with Crippen LogP contribution in [0.2, 0.25) is 0 Å². The van der Waals surface area contributed by atoms with E-state index in [4.69, 9.17) is 9.47 Å². The van der Waals surface area contributed by atoms with Crippen molar-refractivity contribution in [3.05, 3.63) is 47.6 Å². The monoisotopic (exact) mass is 423 g/mol. The zero-order chi connectivity index (χ0) is 21.5. The summed E-state index contributed by atoms with van der Waals surface area (Å²) in [5.41, 5.74) is 2.35. The molecule has 0 N–H and O–H groups in total. The second-order valence-corrected chi connectivity index (χ2v) is 7.78. The Morgan fingerprint density at radius 1 is 0.968 bits per heavy atom. The van der Waals surface area contributed by atoms with Gasteiger partial charge in [-0.15, -0.1) is 0 Å². The van der Waals surface area contributed by atoms with Crippen LogP contribution < -0.4 is 9.80 Å². The van der Waals surface area contributed by atoms with Gasteiger partial charge in [-0.2, -0.15) is 0 Å². The number of allylic oxidation sites excluding steroid dienone is 1. The van der Waals surface area contributed by atoms with Crippen LogP contribution in [-0.4, -0.2) is 67.7 Å². The molecular formula is C22H21N3O6. The van der Waals surface area contributed by atoms with E-state index >= 15 is 0 Å². The molecule has 2 saturated heterocycles. The fourth-order valence-corrected chi connectivity index (χ4v) is 4.29. The van der Waals surface area contributed by atoms with Gasteiger partial charge < -0.3 is 14.4 Å². The van der Waals surface area contributed by atoms with Gasteiger partial charge in [0.2, 0.25) is 0 Å². The molecule has 1 aromatic carbocycles. The summed E-state index contributed by atoms with van der Waals surface area (Å²) in [6.07, 6.45) is 3.75. The van der Waals surface area contributed by atoms with Crippen molar-refractivity contribution in [2.24, 2.45) is 0 Å². The van der Waals surface area contributed by atoms with E-state index < -0.39 is 12.2 Å². The van der Waals surface area contributed by atoms with Gasteiger partial charge in [0.15, 0.2) is 0 Å².